The topological polar surface area (TPSA) is 26.3 Å². The predicted octanol–water partition coefficient (Wildman–Crippen LogP) is 6.30. The summed E-state index contributed by atoms with van der Waals surface area (Å²) in [7, 11) is 0. The van der Waals surface area contributed by atoms with E-state index in [1.54, 1.807) is 0 Å². The van der Waals surface area contributed by atoms with Gasteiger partial charge < -0.3 is 4.18 Å². The summed E-state index contributed by atoms with van der Waals surface area (Å²) < 4.78 is 4.29. The molecule has 0 aliphatic heterocycles. The van der Waals surface area contributed by atoms with E-state index >= 15 is 0 Å². The smallest absolute Gasteiger partial charge is 0.317 e. The number of hydrogen-bond donors (Lipinski definition) is 1. The maximum absolute atomic E-state index is 10.8. The molecule has 23 heavy (non-hydrogen) atoms. The number of allylic oxidation sites excluding steroid dienone is 10. The van der Waals surface area contributed by atoms with Gasteiger partial charge in [0, 0.05) is 19.3 Å². The van der Waals surface area contributed by atoms with Crippen LogP contribution in [0, 0.1) is 0 Å². The van der Waals surface area contributed by atoms with Crippen LogP contribution in [0.15, 0.2) is 60.8 Å². The van der Waals surface area contributed by atoms with Crippen LogP contribution in [-0.4, -0.2) is 5.97 Å². The first-order chi connectivity index (χ1) is 11.3. The van der Waals surface area contributed by atoms with Gasteiger partial charge in [0.1, 0.15) is 0 Å². The predicted molar refractivity (Wildman–Crippen MR) is 103 cm³/mol. The lowest BCUT2D eigenvalue weighted by Crippen LogP contribution is -1.94. The molecule has 0 radical (unpaired) electrons. The third-order valence-corrected chi connectivity index (χ3v) is 3.21. The molecule has 0 fully saturated rings. The summed E-state index contributed by atoms with van der Waals surface area (Å²) in [6.45, 7) is 2.15. The molecule has 0 spiro atoms. The molecular formula is C20H30O2S. The Kier molecular flexibility index (Phi) is 17.4. The van der Waals surface area contributed by atoms with Crippen LogP contribution in [0.1, 0.15) is 58.3 Å². The van der Waals surface area contributed by atoms with Crippen molar-refractivity contribution >= 4 is 18.9 Å². The highest BCUT2D eigenvalue weighted by Crippen LogP contribution is 2.01. The summed E-state index contributed by atoms with van der Waals surface area (Å²) in [4.78, 5) is 10.8. The molecule has 0 rings (SSSR count). The van der Waals surface area contributed by atoms with E-state index < -0.39 is 0 Å². The summed E-state index contributed by atoms with van der Waals surface area (Å²) in [5, 5.41) is 0. The highest BCUT2D eigenvalue weighted by molar-refractivity contribution is 7.75. The van der Waals surface area contributed by atoms with Gasteiger partial charge in [0.05, 0.1) is 0 Å². The Hall–Kier alpha value is -1.48. The van der Waals surface area contributed by atoms with E-state index in [1.165, 1.54) is 0 Å². The fraction of sp³-hybridized carbons (Fsp3) is 0.450. The molecule has 0 aromatic carbocycles. The Labute approximate surface area is 147 Å². The zero-order valence-corrected chi connectivity index (χ0v) is 15.1. The second-order valence-corrected chi connectivity index (χ2v) is 5.25. The Bertz CT molecular complexity index is 417. The Morgan fingerprint density at radius 3 is 1.65 bits per heavy atom. The number of unbranched alkanes of at least 4 members (excludes halogenated alkanes) is 1. The van der Waals surface area contributed by atoms with Crippen molar-refractivity contribution in [1.82, 2.24) is 0 Å². The standard InChI is InChI=1S/C20H30O2S/c1-2-3-4-5-6-7-8-9-10-11-12-13-14-15-16-17-18-19-20(21)22-23/h3-4,6-7,9-10,12-13,15-16,23H,2,5,8,11,14,17-19H2,1H3. The first-order valence-electron chi connectivity index (χ1n) is 8.40. The molecule has 0 saturated heterocycles. The first-order valence-corrected chi connectivity index (χ1v) is 8.77. The van der Waals surface area contributed by atoms with E-state index in [2.05, 4.69) is 84.8 Å². The van der Waals surface area contributed by atoms with Gasteiger partial charge in [-0.05, 0) is 44.9 Å². The van der Waals surface area contributed by atoms with Crippen LogP contribution in [0.3, 0.4) is 0 Å². The Morgan fingerprint density at radius 1 is 0.783 bits per heavy atom. The summed E-state index contributed by atoms with van der Waals surface area (Å²) in [5.74, 6) is -0.263. The number of thiol groups is 1. The van der Waals surface area contributed by atoms with Gasteiger partial charge >= 0.3 is 5.97 Å². The lowest BCUT2D eigenvalue weighted by atomic mass is 10.2. The molecule has 0 aliphatic carbocycles. The van der Waals surface area contributed by atoms with Gasteiger partial charge in [0.15, 0.2) is 0 Å². The Balaban J connectivity index is 3.47. The molecule has 2 nitrogen and oxygen atoms in total. The van der Waals surface area contributed by atoms with E-state index in [0.29, 0.717) is 6.42 Å². The average molecular weight is 335 g/mol. The Morgan fingerprint density at radius 2 is 1.22 bits per heavy atom. The van der Waals surface area contributed by atoms with Crippen molar-refractivity contribution in [2.24, 2.45) is 0 Å². The molecule has 0 heterocycles. The number of carbonyl (C=O) groups excluding carboxylic acids is 1. The van der Waals surface area contributed by atoms with Crippen molar-refractivity contribution in [3.05, 3.63) is 60.8 Å². The molecule has 128 valence electrons. The summed E-state index contributed by atoms with van der Waals surface area (Å²) >= 11 is 3.46. The van der Waals surface area contributed by atoms with Gasteiger partial charge in [0.2, 0.25) is 0 Å². The van der Waals surface area contributed by atoms with Crippen LogP contribution in [0.5, 0.6) is 0 Å². The van der Waals surface area contributed by atoms with E-state index in [4.69, 9.17) is 0 Å². The third kappa shape index (κ3) is 18.5. The minimum absolute atomic E-state index is 0.263. The molecule has 0 atom stereocenters. The monoisotopic (exact) mass is 334 g/mol. The number of carbonyl (C=O) groups is 1. The van der Waals surface area contributed by atoms with Crippen molar-refractivity contribution < 1.29 is 8.98 Å². The van der Waals surface area contributed by atoms with Crippen molar-refractivity contribution in [2.75, 3.05) is 0 Å². The molecule has 0 amide bonds. The first kappa shape index (κ1) is 21.5. The van der Waals surface area contributed by atoms with Crippen molar-refractivity contribution in [1.29, 1.82) is 0 Å². The van der Waals surface area contributed by atoms with E-state index in [-0.39, 0.29) is 5.97 Å². The molecule has 0 aromatic rings. The van der Waals surface area contributed by atoms with Crippen molar-refractivity contribution in [3.8, 4) is 0 Å². The normalized spacial score (nSPS) is 12.6. The molecule has 0 aliphatic rings. The fourth-order valence-electron chi connectivity index (χ4n) is 1.78. The van der Waals surface area contributed by atoms with Gasteiger partial charge in [-0.25, -0.2) is 0 Å². The van der Waals surface area contributed by atoms with Gasteiger partial charge in [-0.3, -0.25) is 4.79 Å². The minimum atomic E-state index is -0.263. The quantitative estimate of drug-likeness (QED) is 0.185. The molecule has 0 saturated carbocycles. The van der Waals surface area contributed by atoms with Crippen LogP contribution in [0.2, 0.25) is 0 Å². The number of rotatable bonds is 13. The summed E-state index contributed by atoms with van der Waals surface area (Å²) in [6.07, 6.45) is 28.9. The second kappa shape index (κ2) is 18.6. The SMILES string of the molecule is CCC=CCC=CCC=CCC=CCC=CCCCC(=O)OS. The summed E-state index contributed by atoms with van der Waals surface area (Å²) in [5.41, 5.74) is 0. The molecule has 0 aromatic heterocycles. The van der Waals surface area contributed by atoms with Gasteiger partial charge in [-0.15, -0.1) is 0 Å². The van der Waals surface area contributed by atoms with Crippen LogP contribution >= 0.6 is 12.9 Å². The van der Waals surface area contributed by atoms with Crippen LogP contribution in [0.4, 0.5) is 0 Å². The molecular weight excluding hydrogens is 304 g/mol. The second-order valence-electron chi connectivity index (χ2n) is 5.06. The van der Waals surface area contributed by atoms with E-state index in [0.717, 1.165) is 44.9 Å². The van der Waals surface area contributed by atoms with Crippen LogP contribution < -0.4 is 0 Å². The highest BCUT2D eigenvalue weighted by atomic mass is 32.1. The highest BCUT2D eigenvalue weighted by Gasteiger charge is 1.97. The minimum Gasteiger partial charge on any atom is -0.395 e. The molecule has 0 unspecified atom stereocenters. The van der Waals surface area contributed by atoms with Crippen molar-refractivity contribution in [2.45, 2.75) is 58.3 Å². The van der Waals surface area contributed by atoms with Crippen LogP contribution in [0.25, 0.3) is 0 Å². The third-order valence-electron chi connectivity index (χ3n) is 3.01. The average Bonchev–Trinajstić information content (AvgIpc) is 2.57. The van der Waals surface area contributed by atoms with E-state index in [1.807, 2.05) is 0 Å². The maximum atomic E-state index is 10.8. The summed E-state index contributed by atoms with van der Waals surface area (Å²) in [6, 6.07) is 0. The molecule has 0 N–H and O–H groups in total. The fourth-order valence-corrected chi connectivity index (χ4v) is 1.87. The molecule has 3 heteroatoms. The largest absolute Gasteiger partial charge is 0.395 e. The molecule has 0 bridgehead atoms. The number of hydrogen-bond acceptors (Lipinski definition) is 3. The van der Waals surface area contributed by atoms with Gasteiger partial charge in [-0.2, -0.15) is 0 Å². The lowest BCUT2D eigenvalue weighted by molar-refractivity contribution is -0.132. The van der Waals surface area contributed by atoms with E-state index in [9.17, 15) is 4.79 Å². The lowest BCUT2D eigenvalue weighted by Gasteiger charge is -1.93. The zero-order chi connectivity index (χ0) is 17.0. The van der Waals surface area contributed by atoms with Crippen molar-refractivity contribution in [3.63, 3.8) is 0 Å². The maximum Gasteiger partial charge on any atom is 0.317 e. The van der Waals surface area contributed by atoms with Gasteiger partial charge in [-0.1, -0.05) is 67.7 Å². The van der Waals surface area contributed by atoms with Gasteiger partial charge in [0.25, 0.3) is 0 Å². The van der Waals surface area contributed by atoms with Crippen LogP contribution in [-0.2, 0) is 8.98 Å². The zero-order valence-electron chi connectivity index (χ0n) is 14.2.